The highest BCUT2D eigenvalue weighted by Crippen LogP contribution is 2.37. The summed E-state index contributed by atoms with van der Waals surface area (Å²) in [7, 11) is 0. The van der Waals surface area contributed by atoms with Crippen molar-refractivity contribution in [2.75, 3.05) is 0 Å². The Morgan fingerprint density at radius 1 is 1.20 bits per heavy atom. The number of para-hydroxylation sites is 2. The number of benzene rings is 1. The molecule has 0 saturated carbocycles. The standard InChI is InChI=1S/C10H9Br3N2/c11-10(12,13)6-5-9-14-7-3-1-2-4-8(7)15-9/h1-4H,5-6H2,(H,14,15). The van der Waals surface area contributed by atoms with E-state index in [1.165, 1.54) is 0 Å². The van der Waals surface area contributed by atoms with Crippen LogP contribution in [0.1, 0.15) is 12.2 Å². The maximum absolute atomic E-state index is 4.50. The van der Waals surface area contributed by atoms with Gasteiger partial charge in [-0.15, -0.1) is 0 Å². The molecule has 0 atom stereocenters. The first-order valence-electron chi connectivity index (χ1n) is 4.55. The van der Waals surface area contributed by atoms with Crippen molar-refractivity contribution < 1.29 is 0 Å². The monoisotopic (exact) mass is 394 g/mol. The topological polar surface area (TPSA) is 28.7 Å². The fourth-order valence-corrected chi connectivity index (χ4v) is 1.98. The van der Waals surface area contributed by atoms with Crippen LogP contribution in [-0.2, 0) is 6.42 Å². The minimum absolute atomic E-state index is 0.189. The predicted molar refractivity (Wildman–Crippen MR) is 73.9 cm³/mol. The Balaban J connectivity index is 2.16. The normalized spacial score (nSPS) is 12.2. The number of halogens is 3. The van der Waals surface area contributed by atoms with Crippen molar-refractivity contribution in [2.45, 2.75) is 15.0 Å². The minimum atomic E-state index is -0.189. The number of imidazole rings is 1. The number of aromatic amines is 1. The molecule has 1 heterocycles. The third-order valence-corrected chi connectivity index (χ3v) is 3.27. The number of rotatable bonds is 2. The molecule has 0 spiro atoms. The SMILES string of the molecule is BrC(Br)(Br)CCc1nc2ccccc2[nH]1. The number of hydrogen-bond acceptors (Lipinski definition) is 1. The predicted octanol–water partition coefficient (Wildman–Crippen LogP) is 4.33. The largest absolute Gasteiger partial charge is 0.342 e. The van der Waals surface area contributed by atoms with Gasteiger partial charge in [-0.25, -0.2) is 4.98 Å². The summed E-state index contributed by atoms with van der Waals surface area (Å²) < 4.78 is -0.189. The van der Waals surface area contributed by atoms with E-state index in [9.17, 15) is 0 Å². The Morgan fingerprint density at radius 3 is 2.60 bits per heavy atom. The van der Waals surface area contributed by atoms with Gasteiger partial charge in [0.25, 0.3) is 0 Å². The van der Waals surface area contributed by atoms with Crippen molar-refractivity contribution in [3.63, 3.8) is 0 Å². The van der Waals surface area contributed by atoms with Gasteiger partial charge in [0.1, 0.15) is 7.97 Å². The van der Waals surface area contributed by atoms with Gasteiger partial charge in [0.2, 0.25) is 0 Å². The third kappa shape index (κ3) is 3.29. The molecule has 0 saturated heterocycles. The first-order chi connectivity index (χ1) is 7.04. The number of alkyl halides is 3. The molecule has 0 bridgehead atoms. The van der Waals surface area contributed by atoms with Crippen molar-refractivity contribution in [3.05, 3.63) is 30.1 Å². The second-order valence-electron chi connectivity index (χ2n) is 3.32. The summed E-state index contributed by atoms with van der Waals surface area (Å²) in [5, 5.41) is 0. The fraction of sp³-hybridized carbons (Fsp3) is 0.300. The van der Waals surface area contributed by atoms with Gasteiger partial charge in [-0.05, 0) is 18.6 Å². The molecule has 5 heteroatoms. The minimum Gasteiger partial charge on any atom is -0.342 e. The molecule has 0 fully saturated rings. The van der Waals surface area contributed by atoms with Gasteiger partial charge in [0.15, 0.2) is 0 Å². The van der Waals surface area contributed by atoms with Crippen molar-refractivity contribution in [2.24, 2.45) is 0 Å². The van der Waals surface area contributed by atoms with Gasteiger partial charge < -0.3 is 4.98 Å². The van der Waals surface area contributed by atoms with Crippen LogP contribution in [-0.4, -0.2) is 12.1 Å². The van der Waals surface area contributed by atoms with Gasteiger partial charge >= 0.3 is 0 Å². The van der Waals surface area contributed by atoms with E-state index in [1.54, 1.807) is 0 Å². The molecule has 0 aliphatic heterocycles. The summed E-state index contributed by atoms with van der Waals surface area (Å²) in [6.07, 6.45) is 1.79. The molecule has 2 rings (SSSR count). The number of fused-ring (bicyclic) bond motifs is 1. The number of aromatic nitrogens is 2. The first kappa shape index (κ1) is 11.6. The van der Waals surface area contributed by atoms with Crippen LogP contribution in [0.15, 0.2) is 24.3 Å². The molecule has 0 unspecified atom stereocenters. The fourth-order valence-electron chi connectivity index (χ4n) is 1.38. The lowest BCUT2D eigenvalue weighted by atomic mass is 10.3. The number of hydrogen-bond donors (Lipinski definition) is 1. The second kappa shape index (κ2) is 4.55. The van der Waals surface area contributed by atoms with Gasteiger partial charge in [0, 0.05) is 6.42 Å². The molecule has 0 amide bonds. The van der Waals surface area contributed by atoms with Crippen LogP contribution in [0.3, 0.4) is 0 Å². The van der Waals surface area contributed by atoms with Gasteiger partial charge in [0.05, 0.1) is 11.0 Å². The third-order valence-electron chi connectivity index (χ3n) is 2.08. The van der Waals surface area contributed by atoms with Crippen molar-refractivity contribution >= 4 is 58.8 Å². The first-order valence-corrected chi connectivity index (χ1v) is 6.93. The van der Waals surface area contributed by atoms with Crippen LogP contribution in [0.25, 0.3) is 11.0 Å². The van der Waals surface area contributed by atoms with E-state index in [1.807, 2.05) is 24.3 Å². The van der Waals surface area contributed by atoms with Gasteiger partial charge in [-0.2, -0.15) is 0 Å². The highest BCUT2D eigenvalue weighted by molar-refractivity contribution is 9.39. The summed E-state index contributed by atoms with van der Waals surface area (Å²) in [5.41, 5.74) is 2.12. The van der Waals surface area contributed by atoms with E-state index < -0.39 is 0 Å². The zero-order valence-corrected chi connectivity index (χ0v) is 12.6. The van der Waals surface area contributed by atoms with Crippen molar-refractivity contribution in [3.8, 4) is 0 Å². The lowest BCUT2D eigenvalue weighted by Crippen LogP contribution is -2.02. The van der Waals surface area contributed by atoms with E-state index in [4.69, 9.17) is 0 Å². The molecular weight excluding hydrogens is 388 g/mol. The summed E-state index contributed by atoms with van der Waals surface area (Å²) in [6.45, 7) is 0. The Hall–Kier alpha value is 0.130. The summed E-state index contributed by atoms with van der Waals surface area (Å²) in [6, 6.07) is 8.05. The molecule has 80 valence electrons. The zero-order chi connectivity index (χ0) is 10.9. The molecule has 0 aliphatic rings. The maximum atomic E-state index is 4.50. The van der Waals surface area contributed by atoms with E-state index in [0.717, 1.165) is 29.7 Å². The number of aryl methyl sites for hydroxylation is 1. The van der Waals surface area contributed by atoms with E-state index >= 15 is 0 Å². The molecule has 1 aromatic carbocycles. The van der Waals surface area contributed by atoms with Crippen LogP contribution in [0, 0.1) is 0 Å². The quantitative estimate of drug-likeness (QED) is 0.752. The second-order valence-corrected chi connectivity index (χ2v) is 10.6. The molecular formula is C10H9Br3N2. The van der Waals surface area contributed by atoms with E-state index in [0.29, 0.717) is 0 Å². The Labute approximate surface area is 113 Å². The van der Waals surface area contributed by atoms with Gasteiger partial charge in [-0.1, -0.05) is 59.9 Å². The molecule has 2 nitrogen and oxygen atoms in total. The van der Waals surface area contributed by atoms with E-state index in [-0.39, 0.29) is 2.14 Å². The van der Waals surface area contributed by atoms with Crippen LogP contribution in [0.4, 0.5) is 0 Å². The highest BCUT2D eigenvalue weighted by Gasteiger charge is 2.17. The average molecular weight is 397 g/mol. The Bertz CT molecular complexity index is 426. The van der Waals surface area contributed by atoms with E-state index in [2.05, 4.69) is 57.8 Å². The smallest absolute Gasteiger partial charge is 0.135 e. The lowest BCUT2D eigenvalue weighted by Gasteiger charge is -2.09. The molecule has 0 radical (unpaired) electrons. The summed E-state index contributed by atoms with van der Waals surface area (Å²) in [5.74, 6) is 1.01. The number of nitrogens with one attached hydrogen (secondary N) is 1. The Morgan fingerprint density at radius 2 is 1.93 bits per heavy atom. The van der Waals surface area contributed by atoms with Crippen molar-refractivity contribution in [1.29, 1.82) is 0 Å². The van der Waals surface area contributed by atoms with Gasteiger partial charge in [-0.3, -0.25) is 0 Å². The van der Waals surface area contributed by atoms with Crippen molar-refractivity contribution in [1.82, 2.24) is 9.97 Å². The molecule has 2 aromatic rings. The van der Waals surface area contributed by atoms with Crippen LogP contribution < -0.4 is 0 Å². The summed E-state index contributed by atoms with van der Waals surface area (Å²) in [4.78, 5) is 7.79. The molecule has 1 N–H and O–H groups in total. The number of nitrogens with zero attached hydrogens (tertiary/aromatic N) is 1. The lowest BCUT2D eigenvalue weighted by molar-refractivity contribution is 0.844. The molecule has 15 heavy (non-hydrogen) atoms. The average Bonchev–Trinajstić information content (AvgIpc) is 2.56. The molecule has 0 aliphatic carbocycles. The van der Waals surface area contributed by atoms with Crippen LogP contribution >= 0.6 is 47.8 Å². The Kier molecular flexibility index (Phi) is 3.52. The van der Waals surface area contributed by atoms with Crippen LogP contribution in [0.5, 0.6) is 0 Å². The zero-order valence-electron chi connectivity index (χ0n) is 7.80. The molecule has 1 aromatic heterocycles. The van der Waals surface area contributed by atoms with Crippen LogP contribution in [0.2, 0.25) is 0 Å². The summed E-state index contributed by atoms with van der Waals surface area (Å²) >= 11 is 10.4. The highest BCUT2D eigenvalue weighted by atomic mass is 80.0. The number of H-pyrrole nitrogens is 1. The maximum Gasteiger partial charge on any atom is 0.135 e.